The van der Waals surface area contributed by atoms with Crippen molar-refractivity contribution in [2.45, 2.75) is 13.3 Å². The van der Waals surface area contributed by atoms with Crippen molar-refractivity contribution in [3.63, 3.8) is 0 Å². The molecule has 6 nitrogen and oxygen atoms in total. The van der Waals surface area contributed by atoms with Gasteiger partial charge in [0.25, 0.3) is 0 Å². The summed E-state index contributed by atoms with van der Waals surface area (Å²) in [6.07, 6.45) is -0.554. The number of hydrogen-bond donors (Lipinski definition) is 1. The van der Waals surface area contributed by atoms with Crippen LogP contribution >= 0.6 is 0 Å². The third-order valence-electron chi connectivity index (χ3n) is 0.951. The second kappa shape index (κ2) is 5.99. The number of carbonyl (C=O) groups is 3. The van der Waals surface area contributed by atoms with E-state index in [9.17, 15) is 14.4 Å². The van der Waals surface area contributed by atoms with Gasteiger partial charge in [-0.1, -0.05) is 0 Å². The smallest absolute Gasteiger partial charge is 0.341 e. The van der Waals surface area contributed by atoms with Crippen LogP contribution in [0.3, 0.4) is 0 Å². The van der Waals surface area contributed by atoms with Crippen LogP contribution in [0.5, 0.6) is 0 Å². The van der Waals surface area contributed by atoms with Crippen LogP contribution in [0, 0.1) is 0 Å². The zero-order valence-corrected chi connectivity index (χ0v) is 7.11. The molecule has 0 radical (unpaired) electrons. The number of esters is 2. The lowest BCUT2D eigenvalue weighted by molar-refractivity contribution is -0.160. The van der Waals surface area contributed by atoms with E-state index in [0.29, 0.717) is 0 Å². The molecule has 1 N–H and O–H groups in total. The molecule has 0 saturated heterocycles. The van der Waals surface area contributed by atoms with E-state index in [1.54, 1.807) is 6.92 Å². The highest BCUT2D eigenvalue weighted by Gasteiger charge is 2.12. The van der Waals surface area contributed by atoms with E-state index in [-0.39, 0.29) is 6.61 Å². The van der Waals surface area contributed by atoms with Gasteiger partial charge in [0, 0.05) is 0 Å². The summed E-state index contributed by atoms with van der Waals surface area (Å²) in [7, 11) is 0. The van der Waals surface area contributed by atoms with Gasteiger partial charge in [0.15, 0.2) is 6.61 Å². The molecule has 0 aliphatic rings. The quantitative estimate of drug-likeness (QED) is 0.467. The van der Waals surface area contributed by atoms with Crippen LogP contribution in [-0.2, 0) is 23.9 Å². The van der Waals surface area contributed by atoms with Crippen molar-refractivity contribution in [3.05, 3.63) is 0 Å². The largest absolute Gasteiger partial charge is 0.479 e. The molecular weight excluding hydrogens is 180 g/mol. The first kappa shape index (κ1) is 11.4. The maximum absolute atomic E-state index is 10.6. The zero-order chi connectivity index (χ0) is 10.3. The van der Waals surface area contributed by atoms with Crippen LogP contribution in [0.4, 0.5) is 0 Å². The van der Waals surface area contributed by atoms with E-state index in [1.165, 1.54) is 0 Å². The normalized spacial score (nSPS) is 9.00. The molecule has 0 aromatic rings. The van der Waals surface area contributed by atoms with Crippen LogP contribution in [-0.4, -0.2) is 36.2 Å². The maximum atomic E-state index is 10.6. The summed E-state index contributed by atoms with van der Waals surface area (Å²) in [5, 5.41) is 8.11. The van der Waals surface area contributed by atoms with Gasteiger partial charge in [-0.2, -0.15) is 0 Å². The van der Waals surface area contributed by atoms with E-state index < -0.39 is 30.9 Å². The number of rotatable bonds is 5. The average Bonchev–Trinajstić information content (AvgIpc) is 2.01. The highest BCUT2D eigenvalue weighted by atomic mass is 16.6. The molecule has 0 spiro atoms. The van der Waals surface area contributed by atoms with E-state index in [2.05, 4.69) is 9.47 Å². The summed E-state index contributed by atoms with van der Waals surface area (Å²) in [6, 6.07) is 0. The van der Waals surface area contributed by atoms with Gasteiger partial charge < -0.3 is 14.6 Å². The molecule has 0 aromatic carbocycles. The van der Waals surface area contributed by atoms with Crippen molar-refractivity contribution in [1.29, 1.82) is 0 Å². The number of ether oxygens (including phenoxy) is 2. The minimum Gasteiger partial charge on any atom is -0.479 e. The number of carboxylic acid groups (broad SMARTS) is 1. The Morgan fingerprint density at radius 3 is 2.15 bits per heavy atom. The molecule has 0 amide bonds. The molecule has 0 unspecified atom stereocenters. The SMILES string of the molecule is CCOC(=O)CC(=O)OCC(=O)O. The molecule has 0 heterocycles. The predicted octanol–water partition coefficient (Wildman–Crippen LogP) is -0.433. The lowest BCUT2D eigenvalue weighted by atomic mass is 10.4. The fraction of sp³-hybridized carbons (Fsp3) is 0.571. The average molecular weight is 190 g/mol. The first-order valence-electron chi connectivity index (χ1n) is 3.59. The van der Waals surface area contributed by atoms with Gasteiger partial charge in [0.2, 0.25) is 0 Å². The van der Waals surface area contributed by atoms with Gasteiger partial charge >= 0.3 is 17.9 Å². The number of aliphatic carboxylic acids is 1. The molecule has 0 rings (SSSR count). The molecule has 0 saturated carbocycles. The highest BCUT2D eigenvalue weighted by molar-refractivity contribution is 5.91. The van der Waals surface area contributed by atoms with Crippen LogP contribution in [0.25, 0.3) is 0 Å². The van der Waals surface area contributed by atoms with E-state index in [0.717, 1.165) is 0 Å². The van der Waals surface area contributed by atoms with Crippen molar-refractivity contribution < 1.29 is 29.0 Å². The molecule has 0 atom stereocenters. The van der Waals surface area contributed by atoms with Crippen LogP contribution in [0.15, 0.2) is 0 Å². The van der Waals surface area contributed by atoms with Gasteiger partial charge in [-0.15, -0.1) is 0 Å². The minimum absolute atomic E-state index is 0.172. The Hall–Kier alpha value is -1.59. The van der Waals surface area contributed by atoms with Crippen LogP contribution in [0.2, 0.25) is 0 Å². The molecule has 0 aliphatic carbocycles. The summed E-state index contributed by atoms with van der Waals surface area (Å²) >= 11 is 0. The molecule has 13 heavy (non-hydrogen) atoms. The third kappa shape index (κ3) is 6.79. The Bertz CT molecular complexity index is 209. The Morgan fingerprint density at radius 2 is 1.69 bits per heavy atom. The second-order valence-electron chi connectivity index (χ2n) is 2.04. The Balaban J connectivity index is 3.62. The summed E-state index contributed by atoms with van der Waals surface area (Å²) < 4.78 is 8.61. The predicted molar refractivity (Wildman–Crippen MR) is 39.8 cm³/mol. The third-order valence-corrected chi connectivity index (χ3v) is 0.951. The van der Waals surface area contributed by atoms with Crippen LogP contribution in [0.1, 0.15) is 13.3 Å². The van der Waals surface area contributed by atoms with E-state index in [4.69, 9.17) is 5.11 Å². The molecule has 0 fully saturated rings. The standard InChI is InChI=1S/C7H10O6/c1-2-12-6(10)3-7(11)13-4-5(8)9/h2-4H2,1H3,(H,8,9). The molecular formula is C7H10O6. The molecule has 6 heteroatoms. The fourth-order valence-electron chi connectivity index (χ4n) is 0.523. The lowest BCUT2D eigenvalue weighted by Crippen LogP contribution is -2.17. The van der Waals surface area contributed by atoms with Crippen molar-refractivity contribution in [1.82, 2.24) is 0 Å². The van der Waals surface area contributed by atoms with E-state index in [1.807, 2.05) is 0 Å². The maximum Gasteiger partial charge on any atom is 0.341 e. The number of carboxylic acids is 1. The van der Waals surface area contributed by atoms with Gasteiger partial charge in [0.05, 0.1) is 6.61 Å². The lowest BCUT2D eigenvalue weighted by Gasteiger charge is -2.01. The second-order valence-corrected chi connectivity index (χ2v) is 2.04. The van der Waals surface area contributed by atoms with Gasteiger partial charge in [-0.3, -0.25) is 9.59 Å². The summed E-state index contributed by atoms with van der Waals surface area (Å²) in [4.78, 5) is 31.2. The topological polar surface area (TPSA) is 89.9 Å². The summed E-state index contributed by atoms with van der Waals surface area (Å²) in [6.45, 7) is 1.03. The molecule has 0 aliphatic heterocycles. The molecule has 0 aromatic heterocycles. The highest BCUT2D eigenvalue weighted by Crippen LogP contribution is 1.90. The first-order chi connectivity index (χ1) is 6.06. The summed E-state index contributed by atoms with van der Waals surface area (Å²) in [5.74, 6) is -2.89. The van der Waals surface area contributed by atoms with Gasteiger partial charge in [-0.05, 0) is 6.92 Å². The first-order valence-corrected chi connectivity index (χ1v) is 3.59. The number of hydrogen-bond acceptors (Lipinski definition) is 5. The summed E-state index contributed by atoms with van der Waals surface area (Å²) in [5.41, 5.74) is 0. The van der Waals surface area contributed by atoms with E-state index >= 15 is 0 Å². The van der Waals surface area contributed by atoms with Crippen molar-refractivity contribution >= 4 is 17.9 Å². The number of carbonyl (C=O) groups excluding carboxylic acids is 2. The Labute approximate surface area is 74.4 Å². The Kier molecular flexibility index (Phi) is 5.25. The van der Waals surface area contributed by atoms with Crippen molar-refractivity contribution in [2.75, 3.05) is 13.2 Å². The zero-order valence-electron chi connectivity index (χ0n) is 7.11. The molecule has 74 valence electrons. The fourth-order valence-corrected chi connectivity index (χ4v) is 0.523. The monoisotopic (exact) mass is 190 g/mol. The van der Waals surface area contributed by atoms with Crippen molar-refractivity contribution in [3.8, 4) is 0 Å². The molecule has 0 bridgehead atoms. The Morgan fingerprint density at radius 1 is 1.15 bits per heavy atom. The van der Waals surface area contributed by atoms with Gasteiger partial charge in [0.1, 0.15) is 6.42 Å². The van der Waals surface area contributed by atoms with Crippen molar-refractivity contribution in [2.24, 2.45) is 0 Å². The van der Waals surface area contributed by atoms with Crippen LogP contribution < -0.4 is 0 Å². The minimum atomic E-state index is -1.27. The van der Waals surface area contributed by atoms with Gasteiger partial charge in [-0.25, -0.2) is 4.79 Å².